The summed E-state index contributed by atoms with van der Waals surface area (Å²) in [6.45, 7) is 6.25. The van der Waals surface area contributed by atoms with Crippen LogP contribution in [0.25, 0.3) is 0 Å². The van der Waals surface area contributed by atoms with Gasteiger partial charge in [-0.25, -0.2) is 14.4 Å². The van der Waals surface area contributed by atoms with Crippen LogP contribution in [0.1, 0.15) is 44.7 Å². The Morgan fingerprint density at radius 3 is 2.62 bits per heavy atom. The molecule has 0 aliphatic carbocycles. The summed E-state index contributed by atoms with van der Waals surface area (Å²) in [5.74, 6) is -1.11. The van der Waals surface area contributed by atoms with Crippen molar-refractivity contribution in [1.29, 1.82) is 0 Å². The molecule has 2 N–H and O–H groups in total. The van der Waals surface area contributed by atoms with E-state index in [2.05, 4.69) is 5.32 Å². The molecule has 11 heteroatoms. The van der Waals surface area contributed by atoms with E-state index in [9.17, 15) is 24.3 Å². The molecule has 3 aliphatic rings. The third-order valence-electron chi connectivity index (χ3n) is 6.69. The van der Waals surface area contributed by atoms with Crippen molar-refractivity contribution >= 4 is 24.1 Å². The van der Waals surface area contributed by atoms with Crippen molar-refractivity contribution in [1.82, 2.24) is 15.1 Å². The van der Waals surface area contributed by atoms with Gasteiger partial charge in [0.1, 0.15) is 30.5 Å². The number of carbonyl (C=O) groups is 4. The molecule has 3 heterocycles. The Labute approximate surface area is 215 Å². The first-order chi connectivity index (χ1) is 17.5. The van der Waals surface area contributed by atoms with Crippen LogP contribution in [-0.4, -0.2) is 76.9 Å². The SMILES string of the molecule is CC(C)(C)[C@@H]1NC(=O)OCCC=CCOc2cccc3c2CN(C3)C(=O)O[C@@H]2CC(C(=O)O)N(C2)C1=O. The fraction of sp³-hybridized carbons (Fsp3) is 0.538. The van der Waals surface area contributed by atoms with Crippen LogP contribution >= 0.6 is 0 Å². The van der Waals surface area contributed by atoms with Gasteiger partial charge in [-0.3, -0.25) is 9.69 Å². The van der Waals surface area contributed by atoms with E-state index >= 15 is 0 Å². The molecule has 3 atom stereocenters. The number of hydrogen-bond donors (Lipinski definition) is 2. The predicted molar refractivity (Wildman–Crippen MR) is 131 cm³/mol. The Bertz CT molecular complexity index is 1100. The van der Waals surface area contributed by atoms with Gasteiger partial charge in [0.05, 0.1) is 19.7 Å². The number of hydrogen-bond acceptors (Lipinski definition) is 7. The van der Waals surface area contributed by atoms with Gasteiger partial charge in [0, 0.05) is 18.5 Å². The lowest BCUT2D eigenvalue weighted by atomic mass is 9.85. The molecule has 0 spiro atoms. The third-order valence-corrected chi connectivity index (χ3v) is 6.69. The summed E-state index contributed by atoms with van der Waals surface area (Å²) in [6, 6.07) is 3.38. The van der Waals surface area contributed by atoms with Gasteiger partial charge in [-0.1, -0.05) is 45.1 Å². The van der Waals surface area contributed by atoms with Crippen molar-refractivity contribution in [3.05, 3.63) is 41.5 Å². The molecule has 3 aliphatic heterocycles. The lowest BCUT2D eigenvalue weighted by Gasteiger charge is -2.34. The smallest absolute Gasteiger partial charge is 0.410 e. The average Bonchev–Trinajstić information content (AvgIpc) is 3.45. The minimum atomic E-state index is -1.21. The molecule has 0 saturated carbocycles. The monoisotopic (exact) mass is 515 g/mol. The van der Waals surface area contributed by atoms with Crippen LogP contribution in [0.2, 0.25) is 0 Å². The number of cyclic esters (lactones) is 1. The molecule has 1 unspecified atom stereocenters. The number of carboxylic acid groups (broad SMARTS) is 1. The standard InChI is InChI=1S/C26H33N3O8/c1-26(2,3)21-22(30)29-14-17(12-19(29)23(31)32)37-25(34)28-13-16-8-7-9-20(18(16)15-28)35-10-5-4-6-11-36-24(33)27-21/h4-5,7-9,17,19,21H,6,10-15H2,1-3H3,(H,27,33)(H,31,32)/t17-,19?,21-/m1/s1. The van der Waals surface area contributed by atoms with Crippen LogP contribution in [0, 0.1) is 5.41 Å². The molecule has 1 fully saturated rings. The summed E-state index contributed by atoms with van der Waals surface area (Å²) in [4.78, 5) is 53.7. The normalized spacial score (nSPS) is 25.2. The highest BCUT2D eigenvalue weighted by molar-refractivity contribution is 5.90. The Balaban J connectivity index is 1.59. The number of carboxylic acids is 1. The van der Waals surface area contributed by atoms with E-state index in [1.54, 1.807) is 20.8 Å². The van der Waals surface area contributed by atoms with Gasteiger partial charge in [0.2, 0.25) is 5.91 Å². The predicted octanol–water partition coefficient (Wildman–Crippen LogP) is 2.67. The zero-order valence-corrected chi connectivity index (χ0v) is 21.3. The first-order valence-electron chi connectivity index (χ1n) is 12.4. The van der Waals surface area contributed by atoms with Gasteiger partial charge in [-0.2, -0.15) is 0 Å². The second-order valence-corrected chi connectivity index (χ2v) is 10.5. The lowest BCUT2D eigenvalue weighted by Crippen LogP contribution is -2.57. The molecule has 1 saturated heterocycles. The zero-order valence-electron chi connectivity index (χ0n) is 21.3. The fourth-order valence-corrected chi connectivity index (χ4v) is 4.75. The molecule has 11 nitrogen and oxygen atoms in total. The van der Waals surface area contributed by atoms with Gasteiger partial charge < -0.3 is 29.5 Å². The maximum absolute atomic E-state index is 13.5. The van der Waals surface area contributed by atoms with Crippen molar-refractivity contribution < 1.29 is 38.5 Å². The van der Waals surface area contributed by atoms with Crippen LogP contribution in [0.4, 0.5) is 9.59 Å². The van der Waals surface area contributed by atoms with Gasteiger partial charge in [0.15, 0.2) is 0 Å². The Kier molecular flexibility index (Phi) is 7.60. The van der Waals surface area contributed by atoms with Crippen molar-refractivity contribution in [2.45, 2.75) is 64.9 Å². The van der Waals surface area contributed by atoms with Gasteiger partial charge in [0.25, 0.3) is 0 Å². The Morgan fingerprint density at radius 2 is 1.89 bits per heavy atom. The van der Waals surface area contributed by atoms with E-state index in [0.717, 1.165) is 11.1 Å². The lowest BCUT2D eigenvalue weighted by molar-refractivity contribution is -0.150. The summed E-state index contributed by atoms with van der Waals surface area (Å²) in [5, 5.41) is 12.4. The maximum atomic E-state index is 13.5. The number of alkyl carbamates (subject to hydrolysis) is 1. The quantitative estimate of drug-likeness (QED) is 0.545. The molecule has 0 aromatic heterocycles. The summed E-state index contributed by atoms with van der Waals surface area (Å²) in [7, 11) is 0. The number of nitrogens with zero attached hydrogens (tertiary/aromatic N) is 2. The molecule has 37 heavy (non-hydrogen) atoms. The van der Waals surface area contributed by atoms with Crippen LogP contribution in [0.15, 0.2) is 30.4 Å². The maximum Gasteiger partial charge on any atom is 0.410 e. The first kappa shape index (κ1) is 26.3. The van der Waals surface area contributed by atoms with Gasteiger partial charge in [-0.15, -0.1) is 0 Å². The van der Waals surface area contributed by atoms with E-state index in [1.165, 1.54) is 9.80 Å². The van der Waals surface area contributed by atoms with Crippen molar-refractivity contribution in [2.24, 2.45) is 5.41 Å². The summed E-state index contributed by atoms with van der Waals surface area (Å²) in [6.07, 6.45) is 1.88. The van der Waals surface area contributed by atoms with Crippen molar-refractivity contribution in [2.75, 3.05) is 19.8 Å². The number of carbonyl (C=O) groups excluding carboxylic acids is 3. The van der Waals surface area contributed by atoms with E-state index in [0.29, 0.717) is 31.9 Å². The van der Waals surface area contributed by atoms with E-state index in [4.69, 9.17) is 14.2 Å². The fourth-order valence-electron chi connectivity index (χ4n) is 4.75. The number of fused-ring (bicyclic) bond motifs is 3. The Morgan fingerprint density at radius 1 is 1.11 bits per heavy atom. The number of amides is 3. The molecule has 4 rings (SSSR count). The molecule has 200 valence electrons. The second-order valence-electron chi connectivity index (χ2n) is 10.5. The van der Waals surface area contributed by atoms with Crippen molar-refractivity contribution in [3.63, 3.8) is 0 Å². The number of rotatable bonds is 1. The first-order valence-corrected chi connectivity index (χ1v) is 12.4. The molecule has 0 radical (unpaired) electrons. The summed E-state index contributed by atoms with van der Waals surface area (Å²) < 4.78 is 16.8. The largest absolute Gasteiger partial charge is 0.489 e. The molecule has 3 amide bonds. The van der Waals surface area contributed by atoms with E-state index in [-0.39, 0.29) is 19.6 Å². The topological polar surface area (TPSA) is 135 Å². The summed E-state index contributed by atoms with van der Waals surface area (Å²) in [5.41, 5.74) is 1.10. The highest BCUT2D eigenvalue weighted by Gasteiger charge is 2.46. The van der Waals surface area contributed by atoms with Crippen LogP contribution < -0.4 is 10.1 Å². The highest BCUT2D eigenvalue weighted by Crippen LogP contribution is 2.33. The third kappa shape index (κ3) is 5.98. The van der Waals surface area contributed by atoms with Crippen LogP contribution in [0.3, 0.4) is 0 Å². The number of nitrogens with one attached hydrogen (secondary N) is 1. The van der Waals surface area contributed by atoms with Gasteiger partial charge >= 0.3 is 18.2 Å². The number of ether oxygens (including phenoxy) is 3. The minimum Gasteiger partial charge on any atom is -0.489 e. The molecular formula is C26H33N3O8. The van der Waals surface area contributed by atoms with Crippen LogP contribution in [-0.2, 0) is 32.2 Å². The Hall–Kier alpha value is -3.76. The van der Waals surface area contributed by atoms with E-state index in [1.807, 2.05) is 30.4 Å². The molecular weight excluding hydrogens is 482 g/mol. The number of aliphatic carboxylic acids is 1. The highest BCUT2D eigenvalue weighted by atomic mass is 16.6. The molecule has 1 aromatic rings. The second kappa shape index (κ2) is 10.7. The molecule has 4 bridgehead atoms. The minimum absolute atomic E-state index is 0.0467. The van der Waals surface area contributed by atoms with Gasteiger partial charge in [-0.05, 0) is 23.5 Å². The zero-order chi connectivity index (χ0) is 26.7. The van der Waals surface area contributed by atoms with Crippen molar-refractivity contribution in [3.8, 4) is 5.75 Å². The number of benzene rings is 1. The summed E-state index contributed by atoms with van der Waals surface area (Å²) >= 11 is 0. The average molecular weight is 516 g/mol. The van der Waals surface area contributed by atoms with Crippen LogP contribution in [0.5, 0.6) is 5.75 Å². The van der Waals surface area contributed by atoms with E-state index < -0.39 is 47.7 Å². The molecule has 1 aromatic carbocycles.